The fourth-order valence-corrected chi connectivity index (χ4v) is 4.37. The number of rotatable bonds is 5. The highest BCUT2D eigenvalue weighted by Crippen LogP contribution is 2.44. The Morgan fingerprint density at radius 2 is 1.74 bits per heavy atom. The summed E-state index contributed by atoms with van der Waals surface area (Å²) in [6.45, 7) is 1.56. The van der Waals surface area contributed by atoms with Crippen LogP contribution in [0.2, 0.25) is 5.02 Å². The van der Waals surface area contributed by atoms with Crippen LogP contribution in [0.15, 0.2) is 66.2 Å². The van der Waals surface area contributed by atoms with Crippen LogP contribution < -0.4 is 14.5 Å². The topological polar surface area (TPSA) is 70.1 Å². The van der Waals surface area contributed by atoms with Gasteiger partial charge < -0.3 is 14.7 Å². The standard InChI is InChI=1S/C27H24ClFN2O4/c1-15-13-17(7-11-21(15)29)25(32)23-24(16-5-8-18(9-6-16)30(2)3)31(27(34)26(23)33)19-10-12-22(35-4)20(28)14-19/h5-14,24,32H,1-4H3/b25-23+. The highest BCUT2D eigenvalue weighted by Gasteiger charge is 2.47. The van der Waals surface area contributed by atoms with E-state index in [-0.39, 0.29) is 21.9 Å². The lowest BCUT2D eigenvalue weighted by atomic mass is 9.94. The lowest BCUT2D eigenvalue weighted by Crippen LogP contribution is -2.29. The molecule has 0 aliphatic carbocycles. The van der Waals surface area contributed by atoms with Crippen molar-refractivity contribution >= 4 is 40.4 Å². The molecule has 3 aromatic rings. The molecule has 0 radical (unpaired) electrons. The van der Waals surface area contributed by atoms with Crippen molar-refractivity contribution in [1.82, 2.24) is 0 Å². The van der Waals surface area contributed by atoms with Gasteiger partial charge in [-0.05, 0) is 66.6 Å². The molecular formula is C27H24ClFN2O4. The van der Waals surface area contributed by atoms with Crippen molar-refractivity contribution in [2.45, 2.75) is 13.0 Å². The molecule has 8 heteroatoms. The normalized spacial score (nSPS) is 17.1. The highest BCUT2D eigenvalue weighted by molar-refractivity contribution is 6.51. The summed E-state index contributed by atoms with van der Waals surface area (Å²) in [7, 11) is 5.28. The second-order valence-electron chi connectivity index (χ2n) is 8.44. The van der Waals surface area contributed by atoms with E-state index in [2.05, 4.69) is 0 Å². The van der Waals surface area contributed by atoms with E-state index in [0.717, 1.165) is 5.69 Å². The molecule has 6 nitrogen and oxygen atoms in total. The van der Waals surface area contributed by atoms with Crippen LogP contribution in [0.4, 0.5) is 15.8 Å². The van der Waals surface area contributed by atoms with Crippen molar-refractivity contribution in [2.24, 2.45) is 0 Å². The number of hydrogen-bond acceptors (Lipinski definition) is 5. The number of aliphatic hydroxyl groups excluding tert-OH is 1. The van der Waals surface area contributed by atoms with Crippen molar-refractivity contribution in [3.05, 3.63) is 93.8 Å². The molecule has 4 rings (SSSR count). The lowest BCUT2D eigenvalue weighted by molar-refractivity contribution is -0.132. The SMILES string of the molecule is COc1ccc(N2C(=O)C(=O)/C(=C(/O)c3ccc(F)c(C)c3)C2c2ccc(N(C)C)cc2)cc1Cl. The predicted octanol–water partition coefficient (Wildman–Crippen LogP) is 5.49. The monoisotopic (exact) mass is 494 g/mol. The number of aliphatic hydroxyl groups is 1. The molecule has 0 bridgehead atoms. The first-order valence-electron chi connectivity index (χ1n) is 10.8. The Hall–Kier alpha value is -3.84. The second kappa shape index (κ2) is 9.43. The molecule has 3 aromatic carbocycles. The number of aryl methyl sites for hydroxylation is 1. The third-order valence-corrected chi connectivity index (χ3v) is 6.31. The highest BCUT2D eigenvalue weighted by atomic mass is 35.5. The van der Waals surface area contributed by atoms with E-state index in [4.69, 9.17) is 16.3 Å². The van der Waals surface area contributed by atoms with Crippen LogP contribution in [0.3, 0.4) is 0 Å². The van der Waals surface area contributed by atoms with Crippen molar-refractivity contribution in [1.29, 1.82) is 0 Å². The number of benzene rings is 3. The molecule has 1 atom stereocenters. The molecule has 0 spiro atoms. The van der Waals surface area contributed by atoms with Gasteiger partial charge in [0, 0.05) is 31.0 Å². The van der Waals surface area contributed by atoms with E-state index in [1.807, 2.05) is 31.1 Å². The number of methoxy groups -OCH3 is 1. The summed E-state index contributed by atoms with van der Waals surface area (Å²) in [4.78, 5) is 29.8. The van der Waals surface area contributed by atoms with Gasteiger partial charge in [-0.15, -0.1) is 0 Å². The van der Waals surface area contributed by atoms with Gasteiger partial charge in [-0.25, -0.2) is 4.39 Å². The molecule has 35 heavy (non-hydrogen) atoms. The first-order valence-corrected chi connectivity index (χ1v) is 11.2. The molecule has 1 heterocycles. The Bertz CT molecular complexity index is 1350. The fourth-order valence-electron chi connectivity index (χ4n) is 4.12. The van der Waals surface area contributed by atoms with E-state index in [9.17, 15) is 19.1 Å². The zero-order chi connectivity index (χ0) is 25.4. The van der Waals surface area contributed by atoms with Crippen molar-refractivity contribution < 1.29 is 23.8 Å². The summed E-state index contributed by atoms with van der Waals surface area (Å²) in [5.74, 6) is -2.06. The Labute approximate surface area is 207 Å². The van der Waals surface area contributed by atoms with Gasteiger partial charge in [0.25, 0.3) is 11.7 Å². The summed E-state index contributed by atoms with van der Waals surface area (Å²) in [5, 5.41) is 11.5. The molecule has 1 saturated heterocycles. The Kier molecular flexibility index (Phi) is 6.54. The van der Waals surface area contributed by atoms with E-state index >= 15 is 0 Å². The van der Waals surface area contributed by atoms with Crippen LogP contribution in [0.25, 0.3) is 5.76 Å². The third kappa shape index (κ3) is 4.35. The number of anilines is 2. The van der Waals surface area contributed by atoms with Crippen LogP contribution >= 0.6 is 11.6 Å². The smallest absolute Gasteiger partial charge is 0.300 e. The van der Waals surface area contributed by atoms with Gasteiger partial charge in [0.2, 0.25) is 0 Å². The predicted molar refractivity (Wildman–Crippen MR) is 135 cm³/mol. The maximum atomic E-state index is 13.9. The minimum atomic E-state index is -0.930. The maximum Gasteiger partial charge on any atom is 0.300 e. The van der Waals surface area contributed by atoms with Gasteiger partial charge in [0.05, 0.1) is 23.7 Å². The molecule has 0 aromatic heterocycles. The van der Waals surface area contributed by atoms with Crippen LogP contribution in [-0.2, 0) is 9.59 Å². The molecule has 180 valence electrons. The Morgan fingerprint density at radius 1 is 1.06 bits per heavy atom. The number of ether oxygens (including phenoxy) is 1. The number of nitrogens with zero attached hydrogens (tertiary/aromatic N) is 2. The number of carbonyl (C=O) groups is 2. The molecule has 1 N–H and O–H groups in total. The number of halogens is 2. The average Bonchev–Trinajstić information content (AvgIpc) is 3.10. The summed E-state index contributed by atoms with van der Waals surface area (Å²) >= 11 is 6.32. The van der Waals surface area contributed by atoms with Crippen molar-refractivity contribution in [3.8, 4) is 5.75 Å². The van der Waals surface area contributed by atoms with Gasteiger partial charge in [-0.3, -0.25) is 14.5 Å². The Balaban J connectivity index is 1.94. The minimum Gasteiger partial charge on any atom is -0.507 e. The first-order chi connectivity index (χ1) is 16.6. The molecule has 1 unspecified atom stereocenters. The van der Waals surface area contributed by atoms with Gasteiger partial charge >= 0.3 is 0 Å². The number of ketones is 1. The van der Waals surface area contributed by atoms with Crippen LogP contribution in [0.5, 0.6) is 5.75 Å². The molecule has 0 saturated carbocycles. The molecule has 1 amide bonds. The first kappa shape index (κ1) is 24.3. The van der Waals surface area contributed by atoms with E-state index in [0.29, 0.717) is 22.6 Å². The lowest BCUT2D eigenvalue weighted by Gasteiger charge is -2.26. The summed E-state index contributed by atoms with van der Waals surface area (Å²) in [6, 6.07) is 15.2. The molecule has 1 aliphatic heterocycles. The third-order valence-electron chi connectivity index (χ3n) is 6.01. The number of hydrogen-bond donors (Lipinski definition) is 1. The maximum absolute atomic E-state index is 13.9. The zero-order valence-corrected chi connectivity index (χ0v) is 20.4. The van der Waals surface area contributed by atoms with Gasteiger partial charge in [-0.1, -0.05) is 23.7 Å². The average molecular weight is 495 g/mol. The molecule has 1 fully saturated rings. The van der Waals surface area contributed by atoms with Gasteiger partial charge in [0.15, 0.2) is 0 Å². The van der Waals surface area contributed by atoms with Crippen LogP contribution in [0.1, 0.15) is 22.7 Å². The summed E-state index contributed by atoms with van der Waals surface area (Å²) in [6.07, 6.45) is 0. The Morgan fingerprint density at radius 3 is 2.31 bits per heavy atom. The number of amides is 1. The number of carbonyl (C=O) groups excluding carboxylic acids is 2. The molecule has 1 aliphatic rings. The summed E-state index contributed by atoms with van der Waals surface area (Å²) < 4.78 is 19.1. The molecular weight excluding hydrogens is 471 g/mol. The second-order valence-corrected chi connectivity index (χ2v) is 8.85. The van der Waals surface area contributed by atoms with Gasteiger partial charge in [-0.2, -0.15) is 0 Å². The summed E-state index contributed by atoms with van der Waals surface area (Å²) in [5.41, 5.74) is 2.36. The fraction of sp³-hybridized carbons (Fsp3) is 0.185. The van der Waals surface area contributed by atoms with E-state index in [1.54, 1.807) is 31.2 Å². The van der Waals surface area contributed by atoms with Crippen LogP contribution in [0, 0.1) is 12.7 Å². The van der Waals surface area contributed by atoms with E-state index in [1.165, 1.54) is 36.3 Å². The van der Waals surface area contributed by atoms with Crippen molar-refractivity contribution in [3.63, 3.8) is 0 Å². The zero-order valence-electron chi connectivity index (χ0n) is 19.7. The van der Waals surface area contributed by atoms with E-state index < -0.39 is 23.5 Å². The minimum absolute atomic E-state index is 0.0921. The van der Waals surface area contributed by atoms with Crippen molar-refractivity contribution in [2.75, 3.05) is 31.0 Å². The quantitative estimate of drug-likeness (QED) is 0.288. The van der Waals surface area contributed by atoms with Crippen LogP contribution in [-0.4, -0.2) is 38.0 Å². The largest absolute Gasteiger partial charge is 0.507 e. The van der Waals surface area contributed by atoms with Gasteiger partial charge in [0.1, 0.15) is 17.3 Å². The number of Topliss-reactive ketones (excluding diaryl/α,β-unsaturated/α-hetero) is 1.